The summed E-state index contributed by atoms with van der Waals surface area (Å²) in [5.74, 6) is 0. The van der Waals surface area contributed by atoms with Gasteiger partial charge >= 0.3 is 7.12 Å². The van der Waals surface area contributed by atoms with Crippen molar-refractivity contribution >= 4 is 18.3 Å². The molecule has 2 atom stereocenters. The third-order valence-electron chi connectivity index (χ3n) is 6.70. The zero-order valence-corrected chi connectivity index (χ0v) is 17.7. The van der Waals surface area contributed by atoms with Gasteiger partial charge in [0.1, 0.15) is 5.60 Å². The van der Waals surface area contributed by atoms with Crippen molar-refractivity contribution in [2.75, 3.05) is 37.9 Å². The molecule has 1 aromatic rings. The molecule has 1 aromatic carbocycles. The molecule has 28 heavy (non-hydrogen) atoms. The number of morpholine rings is 1. The summed E-state index contributed by atoms with van der Waals surface area (Å²) in [6.45, 7) is 13.5. The summed E-state index contributed by atoms with van der Waals surface area (Å²) in [5.41, 5.74) is 1.08. The van der Waals surface area contributed by atoms with Crippen molar-refractivity contribution < 1.29 is 23.9 Å². The van der Waals surface area contributed by atoms with E-state index in [0.29, 0.717) is 32.8 Å². The number of rotatable bonds is 3. The van der Waals surface area contributed by atoms with Crippen molar-refractivity contribution in [2.45, 2.75) is 63.9 Å². The molecule has 3 aliphatic heterocycles. The fourth-order valence-electron chi connectivity index (χ4n) is 4.08. The Hall–Kier alpha value is -1.12. The lowest BCUT2D eigenvalue weighted by atomic mass is 9.76. The smallest absolute Gasteiger partial charge is 0.399 e. The van der Waals surface area contributed by atoms with Gasteiger partial charge in [-0.2, -0.15) is 0 Å². The molecule has 3 saturated heterocycles. The summed E-state index contributed by atoms with van der Waals surface area (Å²) in [6, 6.07) is 6.51. The van der Waals surface area contributed by atoms with Crippen LogP contribution in [0, 0.1) is 0 Å². The molecule has 2 unspecified atom stereocenters. The highest BCUT2D eigenvalue weighted by molar-refractivity contribution is 6.62. The molecule has 1 N–H and O–H groups in total. The Morgan fingerprint density at radius 1 is 1.04 bits per heavy atom. The second kappa shape index (κ2) is 6.99. The molecule has 3 heterocycles. The van der Waals surface area contributed by atoms with E-state index in [1.54, 1.807) is 0 Å². The monoisotopic (exact) mass is 389 g/mol. The van der Waals surface area contributed by atoms with Crippen molar-refractivity contribution in [3.05, 3.63) is 23.8 Å². The molecule has 0 amide bonds. The average molecular weight is 389 g/mol. The van der Waals surface area contributed by atoms with E-state index in [4.69, 9.17) is 18.8 Å². The van der Waals surface area contributed by atoms with Crippen LogP contribution in [-0.2, 0) is 24.4 Å². The topological polar surface area (TPSA) is 60.4 Å². The second-order valence-corrected chi connectivity index (χ2v) is 9.35. The summed E-state index contributed by atoms with van der Waals surface area (Å²) < 4.78 is 23.7. The van der Waals surface area contributed by atoms with E-state index in [1.807, 2.05) is 6.07 Å². The number of hydrogen-bond donors (Lipinski definition) is 1. The van der Waals surface area contributed by atoms with Crippen molar-refractivity contribution in [3.8, 4) is 0 Å². The van der Waals surface area contributed by atoms with Crippen LogP contribution in [-0.4, -0.2) is 62.4 Å². The van der Waals surface area contributed by atoms with Gasteiger partial charge in [0.15, 0.2) is 0 Å². The van der Waals surface area contributed by atoms with Crippen LogP contribution in [0.1, 0.15) is 46.6 Å². The molecule has 0 saturated carbocycles. The first-order chi connectivity index (χ1) is 13.1. The average Bonchev–Trinajstić information content (AvgIpc) is 3.17. The Balaban J connectivity index is 1.74. The van der Waals surface area contributed by atoms with Gasteiger partial charge in [-0.25, -0.2) is 0 Å². The number of benzene rings is 1. The lowest BCUT2D eigenvalue weighted by Crippen LogP contribution is -2.45. The van der Waals surface area contributed by atoms with Gasteiger partial charge in [0.25, 0.3) is 0 Å². The summed E-state index contributed by atoms with van der Waals surface area (Å²) >= 11 is 0. The van der Waals surface area contributed by atoms with E-state index < -0.39 is 23.9 Å². The van der Waals surface area contributed by atoms with Crippen LogP contribution in [0.5, 0.6) is 0 Å². The lowest BCUT2D eigenvalue weighted by molar-refractivity contribution is 0.00578. The Morgan fingerprint density at radius 2 is 1.75 bits per heavy atom. The normalized spacial score (nSPS) is 32.1. The summed E-state index contributed by atoms with van der Waals surface area (Å²) in [6.07, 6.45) is 0.595. The first-order valence-electron chi connectivity index (χ1n) is 10.3. The summed E-state index contributed by atoms with van der Waals surface area (Å²) in [7, 11) is -0.467. The van der Waals surface area contributed by atoms with Crippen molar-refractivity contribution in [3.63, 3.8) is 0 Å². The highest BCUT2D eigenvalue weighted by Crippen LogP contribution is 2.38. The van der Waals surface area contributed by atoms with E-state index in [-0.39, 0.29) is 6.04 Å². The SMILES string of the molecule is CC1COCCN1c1cc(B2OC(C)(C)C(C)(C)O2)cc(C2(O)CCOC2)c1. The van der Waals surface area contributed by atoms with Crippen LogP contribution in [0.2, 0.25) is 0 Å². The van der Waals surface area contributed by atoms with Gasteiger partial charge in [-0.1, -0.05) is 6.07 Å². The molecular weight excluding hydrogens is 357 g/mol. The minimum Gasteiger partial charge on any atom is -0.399 e. The predicted octanol–water partition coefficient (Wildman–Crippen LogP) is 1.82. The molecule has 4 rings (SSSR count). The lowest BCUT2D eigenvalue weighted by Gasteiger charge is -2.36. The standard InChI is InChI=1S/C21H32BNO5/c1-15-13-25-9-7-23(15)18-11-16(21(24)6-8-26-14-21)10-17(12-18)22-27-19(2,3)20(4,5)28-22/h10-12,15,24H,6-9,13-14H2,1-5H3. The number of nitrogens with zero attached hydrogens (tertiary/aromatic N) is 1. The van der Waals surface area contributed by atoms with Crippen LogP contribution in [0.4, 0.5) is 5.69 Å². The molecule has 0 radical (unpaired) electrons. The maximum Gasteiger partial charge on any atom is 0.494 e. The summed E-state index contributed by atoms with van der Waals surface area (Å²) in [5, 5.41) is 11.2. The number of hydrogen-bond acceptors (Lipinski definition) is 6. The van der Waals surface area contributed by atoms with Gasteiger partial charge < -0.3 is 28.8 Å². The molecule has 0 spiro atoms. The molecule has 0 aliphatic carbocycles. The highest BCUT2D eigenvalue weighted by atomic mass is 16.7. The molecule has 3 fully saturated rings. The van der Waals surface area contributed by atoms with Crippen molar-refractivity contribution in [1.82, 2.24) is 0 Å². The van der Waals surface area contributed by atoms with Gasteiger partial charge in [-0.05, 0) is 57.8 Å². The molecule has 3 aliphatic rings. The minimum atomic E-state index is -0.968. The van der Waals surface area contributed by atoms with E-state index >= 15 is 0 Å². The maximum atomic E-state index is 11.2. The number of aliphatic hydroxyl groups is 1. The fourth-order valence-corrected chi connectivity index (χ4v) is 4.08. The minimum absolute atomic E-state index is 0.268. The van der Waals surface area contributed by atoms with Crippen LogP contribution < -0.4 is 10.4 Å². The third kappa shape index (κ3) is 3.48. The summed E-state index contributed by atoms with van der Waals surface area (Å²) in [4.78, 5) is 2.33. The molecule has 7 heteroatoms. The van der Waals surface area contributed by atoms with E-state index in [0.717, 1.165) is 23.3 Å². The first kappa shape index (κ1) is 20.2. The predicted molar refractivity (Wildman–Crippen MR) is 109 cm³/mol. The van der Waals surface area contributed by atoms with Crippen LogP contribution >= 0.6 is 0 Å². The van der Waals surface area contributed by atoms with E-state index in [1.165, 1.54) is 0 Å². The van der Waals surface area contributed by atoms with Gasteiger partial charge in [0.05, 0.1) is 31.0 Å². The highest BCUT2D eigenvalue weighted by Gasteiger charge is 2.52. The van der Waals surface area contributed by atoms with E-state index in [9.17, 15) is 5.11 Å². The van der Waals surface area contributed by atoms with Crippen LogP contribution in [0.25, 0.3) is 0 Å². The van der Waals surface area contributed by atoms with Crippen LogP contribution in [0.15, 0.2) is 18.2 Å². The zero-order valence-electron chi connectivity index (χ0n) is 17.7. The molecule has 0 aromatic heterocycles. The Morgan fingerprint density at radius 3 is 2.36 bits per heavy atom. The Labute approximate surface area is 168 Å². The van der Waals surface area contributed by atoms with Crippen molar-refractivity contribution in [2.24, 2.45) is 0 Å². The first-order valence-corrected chi connectivity index (χ1v) is 10.3. The second-order valence-electron chi connectivity index (χ2n) is 9.35. The van der Waals surface area contributed by atoms with Gasteiger partial charge in [0.2, 0.25) is 0 Å². The Bertz CT molecular complexity index is 716. The molecule has 154 valence electrons. The van der Waals surface area contributed by atoms with Gasteiger partial charge in [-0.15, -0.1) is 0 Å². The fraction of sp³-hybridized carbons (Fsp3) is 0.714. The maximum absolute atomic E-state index is 11.2. The van der Waals surface area contributed by atoms with E-state index in [2.05, 4.69) is 51.7 Å². The Kier molecular flexibility index (Phi) is 5.04. The largest absolute Gasteiger partial charge is 0.494 e. The zero-order chi connectivity index (χ0) is 20.2. The third-order valence-corrected chi connectivity index (χ3v) is 6.70. The molecular formula is C21H32BNO5. The van der Waals surface area contributed by atoms with Crippen molar-refractivity contribution in [1.29, 1.82) is 0 Å². The quantitative estimate of drug-likeness (QED) is 0.796. The number of ether oxygens (including phenoxy) is 2. The number of anilines is 1. The van der Waals surface area contributed by atoms with Gasteiger partial charge in [-0.3, -0.25) is 0 Å². The van der Waals surface area contributed by atoms with Gasteiger partial charge in [0, 0.05) is 31.3 Å². The van der Waals surface area contributed by atoms with Crippen LogP contribution in [0.3, 0.4) is 0 Å². The molecule has 6 nitrogen and oxygen atoms in total. The molecule has 0 bridgehead atoms.